The Morgan fingerprint density at radius 1 is 1.16 bits per heavy atom. The third-order valence-corrected chi connectivity index (χ3v) is 6.73. The number of ether oxygens (including phenoxy) is 1. The fourth-order valence-electron chi connectivity index (χ4n) is 5.31. The number of carbonyl (C=O) groups is 3. The van der Waals surface area contributed by atoms with Crippen molar-refractivity contribution in [1.82, 2.24) is 10.2 Å². The number of esters is 1. The lowest BCUT2D eigenvalue weighted by molar-refractivity contribution is -0.155. The number of carbonyl (C=O) groups excluding carboxylic acids is 3. The summed E-state index contributed by atoms with van der Waals surface area (Å²) in [6.45, 7) is 8.74. The minimum atomic E-state index is -0.614. The number of aliphatic hydroxyl groups excluding tert-OH is 1. The predicted molar refractivity (Wildman–Crippen MR) is 124 cm³/mol. The van der Waals surface area contributed by atoms with Crippen LogP contribution in [0.15, 0.2) is 12.2 Å². The van der Waals surface area contributed by atoms with E-state index in [1.165, 1.54) is 0 Å². The van der Waals surface area contributed by atoms with Gasteiger partial charge in [-0.15, -0.1) is 0 Å². The fourth-order valence-corrected chi connectivity index (χ4v) is 5.31. The highest BCUT2D eigenvalue weighted by molar-refractivity contribution is 5.96. The molecule has 2 N–H and O–H groups in total. The number of fused-ring (bicyclic) bond motifs is 1. The van der Waals surface area contributed by atoms with Crippen LogP contribution in [-0.2, 0) is 19.1 Å². The molecule has 1 aliphatic carbocycles. The van der Waals surface area contributed by atoms with Gasteiger partial charge in [-0.05, 0) is 51.9 Å². The normalized spacial score (nSPS) is 27.8. The second kappa shape index (κ2) is 13.0. The molecule has 32 heavy (non-hydrogen) atoms. The highest BCUT2D eigenvalue weighted by Crippen LogP contribution is 2.45. The zero-order valence-electron chi connectivity index (χ0n) is 20.2. The maximum atomic E-state index is 13.7. The van der Waals surface area contributed by atoms with Crippen molar-refractivity contribution in [3.05, 3.63) is 12.2 Å². The van der Waals surface area contributed by atoms with Crippen LogP contribution in [0.1, 0.15) is 72.6 Å². The van der Waals surface area contributed by atoms with Gasteiger partial charge >= 0.3 is 5.97 Å². The van der Waals surface area contributed by atoms with Crippen LogP contribution >= 0.6 is 0 Å². The van der Waals surface area contributed by atoms with E-state index in [-0.39, 0.29) is 48.9 Å². The Labute approximate surface area is 192 Å². The number of amides is 2. The summed E-state index contributed by atoms with van der Waals surface area (Å²) in [6.07, 6.45) is 9.74. The number of unbranched alkanes of at least 4 members (excludes halogenated alkanes) is 2. The van der Waals surface area contributed by atoms with Crippen LogP contribution < -0.4 is 5.32 Å². The molecule has 7 heteroatoms. The van der Waals surface area contributed by atoms with E-state index in [0.717, 1.165) is 32.1 Å². The molecule has 1 saturated heterocycles. The van der Waals surface area contributed by atoms with Crippen LogP contribution in [0.4, 0.5) is 0 Å². The Kier molecular flexibility index (Phi) is 10.7. The van der Waals surface area contributed by atoms with E-state index >= 15 is 0 Å². The van der Waals surface area contributed by atoms with Gasteiger partial charge in [-0.2, -0.15) is 0 Å². The van der Waals surface area contributed by atoms with Crippen molar-refractivity contribution in [3.63, 3.8) is 0 Å². The van der Waals surface area contributed by atoms with Gasteiger partial charge < -0.3 is 20.1 Å². The molecule has 2 amide bonds. The van der Waals surface area contributed by atoms with E-state index < -0.39 is 17.9 Å². The lowest BCUT2D eigenvalue weighted by Crippen LogP contribution is -2.49. The quantitative estimate of drug-likeness (QED) is 0.255. The number of hydrogen-bond acceptors (Lipinski definition) is 5. The van der Waals surface area contributed by atoms with Crippen molar-refractivity contribution in [1.29, 1.82) is 0 Å². The van der Waals surface area contributed by atoms with E-state index in [9.17, 15) is 14.4 Å². The summed E-state index contributed by atoms with van der Waals surface area (Å²) in [7, 11) is 0. The zero-order chi connectivity index (χ0) is 23.7. The van der Waals surface area contributed by atoms with Gasteiger partial charge in [-0.1, -0.05) is 38.8 Å². The number of nitrogens with one attached hydrogen (secondary N) is 1. The van der Waals surface area contributed by atoms with Crippen molar-refractivity contribution in [2.24, 2.45) is 23.7 Å². The molecule has 0 radical (unpaired) electrons. The summed E-state index contributed by atoms with van der Waals surface area (Å²) in [5.74, 6) is -2.10. The molecule has 0 aromatic heterocycles. The van der Waals surface area contributed by atoms with Crippen LogP contribution in [0, 0.1) is 23.7 Å². The van der Waals surface area contributed by atoms with Crippen molar-refractivity contribution in [2.45, 2.75) is 84.7 Å². The SMILES string of the molecule is CCCC(C)NC(=O)[C@@H]1[C@H]2C=C[C@@H](CCC)[C@@H](C(=O)OCC)[C@@H]2C(=O)N1CCCCCO. The summed E-state index contributed by atoms with van der Waals surface area (Å²) in [5.41, 5.74) is 0. The molecule has 0 aromatic carbocycles. The van der Waals surface area contributed by atoms with Crippen LogP contribution in [0.2, 0.25) is 0 Å². The molecule has 0 aromatic rings. The van der Waals surface area contributed by atoms with Crippen molar-refractivity contribution < 1.29 is 24.2 Å². The zero-order valence-corrected chi connectivity index (χ0v) is 20.2. The average Bonchev–Trinajstić information content (AvgIpc) is 3.03. The van der Waals surface area contributed by atoms with Gasteiger partial charge in [0.25, 0.3) is 0 Å². The maximum absolute atomic E-state index is 13.7. The number of nitrogens with zero attached hydrogens (tertiary/aromatic N) is 1. The van der Waals surface area contributed by atoms with E-state index in [1.807, 2.05) is 19.1 Å². The first-order valence-corrected chi connectivity index (χ1v) is 12.5. The van der Waals surface area contributed by atoms with Gasteiger partial charge in [0.05, 0.1) is 18.4 Å². The van der Waals surface area contributed by atoms with Gasteiger partial charge in [-0.3, -0.25) is 14.4 Å². The average molecular weight is 451 g/mol. The van der Waals surface area contributed by atoms with E-state index in [1.54, 1.807) is 11.8 Å². The van der Waals surface area contributed by atoms with Crippen LogP contribution in [0.5, 0.6) is 0 Å². The van der Waals surface area contributed by atoms with Gasteiger partial charge in [0, 0.05) is 25.1 Å². The molecule has 2 aliphatic rings. The summed E-state index contributed by atoms with van der Waals surface area (Å²) in [6, 6.07) is -0.587. The van der Waals surface area contributed by atoms with Gasteiger partial charge in [-0.25, -0.2) is 0 Å². The highest BCUT2D eigenvalue weighted by Gasteiger charge is 2.57. The molecule has 1 unspecified atom stereocenters. The molecule has 6 atom stereocenters. The van der Waals surface area contributed by atoms with E-state index in [0.29, 0.717) is 19.4 Å². The largest absolute Gasteiger partial charge is 0.466 e. The topological polar surface area (TPSA) is 95.9 Å². The molecule has 0 saturated carbocycles. The molecule has 182 valence electrons. The molecule has 7 nitrogen and oxygen atoms in total. The summed E-state index contributed by atoms with van der Waals surface area (Å²) >= 11 is 0. The van der Waals surface area contributed by atoms with Crippen molar-refractivity contribution >= 4 is 17.8 Å². The second-order valence-corrected chi connectivity index (χ2v) is 9.18. The molecule has 1 aliphatic heterocycles. The maximum Gasteiger partial charge on any atom is 0.310 e. The minimum Gasteiger partial charge on any atom is -0.466 e. The standard InChI is InChI=1S/C25H42N2O5/c1-5-11-17(4)26-23(29)22-19-14-13-18(12-6-2)20(25(31)32-7-3)21(19)24(30)27(22)15-9-8-10-16-28/h13-14,17-22,28H,5-12,15-16H2,1-4H3,(H,26,29)/t17?,18-,19+,20-,21-,22+/m1/s1. The minimum absolute atomic E-state index is 0.0270. The third-order valence-electron chi connectivity index (χ3n) is 6.73. The summed E-state index contributed by atoms with van der Waals surface area (Å²) < 4.78 is 5.38. The molecular weight excluding hydrogens is 408 g/mol. The Morgan fingerprint density at radius 3 is 2.53 bits per heavy atom. The van der Waals surface area contributed by atoms with Crippen LogP contribution in [-0.4, -0.2) is 59.6 Å². The first-order chi connectivity index (χ1) is 15.4. The lowest BCUT2D eigenvalue weighted by Gasteiger charge is -2.34. The molecular formula is C25H42N2O5. The monoisotopic (exact) mass is 450 g/mol. The molecule has 0 spiro atoms. The Balaban J connectivity index is 2.36. The number of rotatable bonds is 13. The van der Waals surface area contributed by atoms with Crippen LogP contribution in [0.25, 0.3) is 0 Å². The third kappa shape index (κ3) is 6.12. The number of hydrogen-bond donors (Lipinski definition) is 2. The highest BCUT2D eigenvalue weighted by atomic mass is 16.5. The second-order valence-electron chi connectivity index (χ2n) is 9.18. The van der Waals surface area contributed by atoms with Crippen molar-refractivity contribution in [3.8, 4) is 0 Å². The van der Waals surface area contributed by atoms with Gasteiger partial charge in [0.2, 0.25) is 11.8 Å². The Hall–Kier alpha value is -1.89. The van der Waals surface area contributed by atoms with Crippen molar-refractivity contribution in [2.75, 3.05) is 19.8 Å². The van der Waals surface area contributed by atoms with Crippen LogP contribution in [0.3, 0.4) is 0 Å². The molecule has 1 heterocycles. The van der Waals surface area contributed by atoms with Gasteiger partial charge in [0.15, 0.2) is 0 Å². The first-order valence-electron chi connectivity index (χ1n) is 12.5. The Bertz CT molecular complexity index is 665. The number of aliphatic hydroxyl groups is 1. The summed E-state index contributed by atoms with van der Waals surface area (Å²) in [5, 5.41) is 12.2. The first kappa shape index (κ1) is 26.4. The predicted octanol–water partition coefficient (Wildman–Crippen LogP) is 3.06. The molecule has 1 fully saturated rings. The summed E-state index contributed by atoms with van der Waals surface area (Å²) in [4.78, 5) is 41.6. The smallest absolute Gasteiger partial charge is 0.310 e. The molecule has 2 rings (SSSR count). The number of likely N-dealkylation sites (tertiary alicyclic amines) is 1. The fraction of sp³-hybridized carbons (Fsp3) is 0.800. The van der Waals surface area contributed by atoms with E-state index in [4.69, 9.17) is 9.84 Å². The lowest BCUT2D eigenvalue weighted by atomic mass is 9.68. The van der Waals surface area contributed by atoms with E-state index in [2.05, 4.69) is 19.2 Å². The number of allylic oxidation sites excluding steroid dienone is 1. The Morgan fingerprint density at radius 2 is 1.91 bits per heavy atom. The molecule has 0 bridgehead atoms. The van der Waals surface area contributed by atoms with Gasteiger partial charge in [0.1, 0.15) is 6.04 Å².